The first-order chi connectivity index (χ1) is 9.24. The summed E-state index contributed by atoms with van der Waals surface area (Å²) in [6.07, 6.45) is 1.90. The van der Waals surface area contributed by atoms with Crippen molar-refractivity contribution in [3.63, 3.8) is 0 Å². The quantitative estimate of drug-likeness (QED) is 0.875. The van der Waals surface area contributed by atoms with Gasteiger partial charge in [0.05, 0.1) is 5.02 Å². The Kier molecular flexibility index (Phi) is 4.96. The van der Waals surface area contributed by atoms with E-state index >= 15 is 0 Å². The van der Waals surface area contributed by atoms with Crippen LogP contribution in [0.15, 0.2) is 12.1 Å². The van der Waals surface area contributed by atoms with Crippen LogP contribution in [-0.4, -0.2) is 31.8 Å². The summed E-state index contributed by atoms with van der Waals surface area (Å²) in [5.41, 5.74) is 0.507. The van der Waals surface area contributed by atoms with Crippen LogP contribution < -0.4 is 20.1 Å². The van der Waals surface area contributed by atoms with Gasteiger partial charge < -0.3 is 20.1 Å². The molecule has 5 nitrogen and oxygen atoms in total. The van der Waals surface area contributed by atoms with Gasteiger partial charge >= 0.3 is 0 Å². The fourth-order valence-corrected chi connectivity index (χ4v) is 2.60. The van der Waals surface area contributed by atoms with Crippen LogP contribution in [0, 0.1) is 0 Å². The minimum atomic E-state index is -0.118. The van der Waals surface area contributed by atoms with Crippen molar-refractivity contribution < 1.29 is 14.3 Å². The molecular formula is C13H16Cl2N2O3. The van der Waals surface area contributed by atoms with E-state index in [0.717, 1.165) is 25.9 Å². The molecule has 7 heteroatoms. The second-order valence-corrected chi connectivity index (χ2v) is 5.10. The largest absolute Gasteiger partial charge is 0.454 e. The predicted octanol–water partition coefficient (Wildman–Crippen LogP) is 1.97. The molecule has 2 aliphatic heterocycles. The Hall–Kier alpha value is -1.17. The minimum absolute atomic E-state index is 0. The molecule has 1 fully saturated rings. The zero-order chi connectivity index (χ0) is 13.2. The Morgan fingerprint density at radius 2 is 2.05 bits per heavy atom. The molecule has 0 saturated carbocycles. The Morgan fingerprint density at radius 3 is 2.80 bits per heavy atom. The van der Waals surface area contributed by atoms with Crippen LogP contribution in [0.5, 0.6) is 11.5 Å². The molecule has 0 atom stereocenters. The van der Waals surface area contributed by atoms with Crippen molar-refractivity contribution in [2.75, 3.05) is 19.9 Å². The molecule has 0 aliphatic carbocycles. The van der Waals surface area contributed by atoms with Gasteiger partial charge in [-0.3, -0.25) is 4.79 Å². The molecular weight excluding hydrogens is 303 g/mol. The van der Waals surface area contributed by atoms with Crippen LogP contribution in [-0.2, 0) is 0 Å². The van der Waals surface area contributed by atoms with Crippen molar-refractivity contribution in [2.45, 2.75) is 18.9 Å². The van der Waals surface area contributed by atoms with Crippen molar-refractivity contribution in [1.82, 2.24) is 10.6 Å². The van der Waals surface area contributed by atoms with Crippen LogP contribution in [0.25, 0.3) is 0 Å². The van der Waals surface area contributed by atoms with Crippen LogP contribution in [0.4, 0.5) is 0 Å². The van der Waals surface area contributed by atoms with Gasteiger partial charge in [0.25, 0.3) is 5.91 Å². The van der Waals surface area contributed by atoms with E-state index in [1.807, 2.05) is 0 Å². The van der Waals surface area contributed by atoms with Gasteiger partial charge in [-0.1, -0.05) is 11.6 Å². The third kappa shape index (κ3) is 3.11. The molecule has 1 saturated heterocycles. The second-order valence-electron chi connectivity index (χ2n) is 4.69. The Labute approximate surface area is 128 Å². The van der Waals surface area contributed by atoms with Crippen LogP contribution >= 0.6 is 24.0 Å². The molecule has 2 N–H and O–H groups in total. The van der Waals surface area contributed by atoms with Crippen molar-refractivity contribution in [1.29, 1.82) is 0 Å². The highest BCUT2D eigenvalue weighted by atomic mass is 35.5. The van der Waals surface area contributed by atoms with Crippen LogP contribution in [0.3, 0.4) is 0 Å². The van der Waals surface area contributed by atoms with E-state index in [-0.39, 0.29) is 31.1 Å². The Bertz CT molecular complexity index is 505. The summed E-state index contributed by atoms with van der Waals surface area (Å²) in [6, 6.07) is 3.51. The van der Waals surface area contributed by atoms with E-state index < -0.39 is 0 Å². The lowest BCUT2D eigenvalue weighted by Crippen LogP contribution is -2.42. The molecule has 3 rings (SSSR count). The topological polar surface area (TPSA) is 59.6 Å². The molecule has 0 bridgehead atoms. The second kappa shape index (κ2) is 6.52. The van der Waals surface area contributed by atoms with Gasteiger partial charge in [-0.15, -0.1) is 12.4 Å². The average Bonchev–Trinajstić information content (AvgIpc) is 2.88. The number of benzene rings is 1. The summed E-state index contributed by atoms with van der Waals surface area (Å²) in [6.45, 7) is 2.02. The smallest absolute Gasteiger partial charge is 0.251 e. The fraction of sp³-hybridized carbons (Fsp3) is 0.462. The number of hydrogen-bond donors (Lipinski definition) is 2. The normalized spacial score (nSPS) is 17.4. The highest BCUT2D eigenvalue weighted by molar-refractivity contribution is 6.32. The number of carbonyl (C=O) groups excluding carboxylic acids is 1. The Balaban J connectivity index is 0.00000147. The van der Waals surface area contributed by atoms with Gasteiger partial charge in [0.1, 0.15) is 0 Å². The van der Waals surface area contributed by atoms with E-state index in [2.05, 4.69) is 10.6 Å². The molecule has 0 unspecified atom stereocenters. The average molecular weight is 319 g/mol. The maximum Gasteiger partial charge on any atom is 0.251 e. The third-order valence-electron chi connectivity index (χ3n) is 3.36. The molecule has 110 valence electrons. The van der Waals surface area contributed by atoms with Gasteiger partial charge in [-0.05, 0) is 38.1 Å². The SMILES string of the molecule is Cl.O=C(NC1CCNCC1)c1cc(Cl)c2c(c1)OCO2. The number of hydrogen-bond acceptors (Lipinski definition) is 4. The summed E-state index contributed by atoms with van der Waals surface area (Å²) in [5, 5.41) is 6.69. The highest BCUT2D eigenvalue weighted by Gasteiger charge is 2.22. The molecule has 1 aromatic rings. The van der Waals surface area contributed by atoms with E-state index in [9.17, 15) is 4.79 Å². The molecule has 20 heavy (non-hydrogen) atoms. The molecule has 0 spiro atoms. The lowest BCUT2D eigenvalue weighted by molar-refractivity contribution is 0.0929. The summed E-state index contributed by atoms with van der Waals surface area (Å²) >= 11 is 6.07. The number of fused-ring (bicyclic) bond motifs is 1. The van der Waals surface area contributed by atoms with Gasteiger partial charge in [0.2, 0.25) is 6.79 Å². The monoisotopic (exact) mass is 318 g/mol. The van der Waals surface area contributed by atoms with E-state index in [1.165, 1.54) is 0 Å². The number of piperidine rings is 1. The van der Waals surface area contributed by atoms with Crippen LogP contribution in [0.2, 0.25) is 5.02 Å². The van der Waals surface area contributed by atoms with Crippen molar-refractivity contribution >= 4 is 29.9 Å². The van der Waals surface area contributed by atoms with E-state index in [0.29, 0.717) is 22.1 Å². The first kappa shape index (κ1) is 15.2. The number of carbonyl (C=O) groups is 1. The van der Waals surface area contributed by atoms with Gasteiger partial charge in [0.15, 0.2) is 11.5 Å². The lowest BCUT2D eigenvalue weighted by atomic mass is 10.1. The summed E-state index contributed by atoms with van der Waals surface area (Å²) in [5.74, 6) is 0.926. The van der Waals surface area contributed by atoms with Crippen molar-refractivity contribution in [3.05, 3.63) is 22.7 Å². The summed E-state index contributed by atoms with van der Waals surface area (Å²) in [4.78, 5) is 12.2. The lowest BCUT2D eigenvalue weighted by Gasteiger charge is -2.23. The molecule has 2 aliphatic rings. The molecule has 1 amide bonds. The highest BCUT2D eigenvalue weighted by Crippen LogP contribution is 2.39. The molecule has 0 radical (unpaired) electrons. The molecule has 1 aromatic carbocycles. The summed E-state index contributed by atoms with van der Waals surface area (Å²) < 4.78 is 10.5. The number of ether oxygens (including phenoxy) is 2. The maximum atomic E-state index is 12.2. The van der Waals surface area contributed by atoms with E-state index in [4.69, 9.17) is 21.1 Å². The number of rotatable bonds is 2. The number of halogens is 2. The van der Waals surface area contributed by atoms with Crippen molar-refractivity contribution in [3.8, 4) is 11.5 Å². The zero-order valence-electron chi connectivity index (χ0n) is 10.8. The summed E-state index contributed by atoms with van der Waals surface area (Å²) in [7, 11) is 0. The van der Waals surface area contributed by atoms with Crippen LogP contribution in [0.1, 0.15) is 23.2 Å². The first-order valence-corrected chi connectivity index (χ1v) is 6.72. The zero-order valence-corrected chi connectivity index (χ0v) is 12.4. The van der Waals surface area contributed by atoms with Gasteiger partial charge in [-0.2, -0.15) is 0 Å². The minimum Gasteiger partial charge on any atom is -0.454 e. The first-order valence-electron chi connectivity index (χ1n) is 6.35. The fourth-order valence-electron chi connectivity index (χ4n) is 2.33. The van der Waals surface area contributed by atoms with Gasteiger partial charge in [0, 0.05) is 11.6 Å². The Morgan fingerprint density at radius 1 is 1.30 bits per heavy atom. The maximum absolute atomic E-state index is 12.2. The van der Waals surface area contributed by atoms with Crippen molar-refractivity contribution in [2.24, 2.45) is 0 Å². The predicted molar refractivity (Wildman–Crippen MR) is 78.2 cm³/mol. The third-order valence-corrected chi connectivity index (χ3v) is 3.64. The number of amides is 1. The van der Waals surface area contributed by atoms with Gasteiger partial charge in [-0.25, -0.2) is 0 Å². The molecule has 2 heterocycles. The standard InChI is InChI=1S/C13H15ClN2O3.ClH/c14-10-5-8(6-11-12(10)19-7-18-11)13(17)16-9-1-3-15-4-2-9;/h5-6,9,15H,1-4,7H2,(H,16,17);1H. The molecule has 0 aromatic heterocycles. The van der Waals surface area contributed by atoms with E-state index in [1.54, 1.807) is 12.1 Å². The number of nitrogens with one attached hydrogen (secondary N) is 2.